The molecule has 1 aliphatic rings. The molecule has 0 amide bonds. The number of hydrogen-bond acceptors (Lipinski definition) is 4. The molecular weight excluding hydrogens is 339 g/mol. The molecule has 1 saturated heterocycles. The van der Waals surface area contributed by atoms with E-state index in [1.165, 1.54) is 0 Å². The van der Waals surface area contributed by atoms with Crippen LogP contribution in [0.5, 0.6) is 0 Å². The molecule has 3 nitrogen and oxygen atoms in total. The third kappa shape index (κ3) is 3.45. The molecule has 2 aromatic rings. The van der Waals surface area contributed by atoms with Crippen LogP contribution in [0.15, 0.2) is 23.6 Å². The van der Waals surface area contributed by atoms with Gasteiger partial charge in [0, 0.05) is 22.5 Å². The summed E-state index contributed by atoms with van der Waals surface area (Å²) < 4.78 is 5.45. The van der Waals surface area contributed by atoms with E-state index in [4.69, 9.17) is 27.9 Å². The van der Waals surface area contributed by atoms with Gasteiger partial charge in [-0.05, 0) is 18.2 Å². The quantitative estimate of drug-likeness (QED) is 0.880. The number of nitrogens with zero attached hydrogens (tertiary/aromatic N) is 1. The third-order valence-corrected chi connectivity index (χ3v) is 4.45. The van der Waals surface area contributed by atoms with Crippen molar-refractivity contribution in [2.75, 3.05) is 19.8 Å². The number of halogens is 3. The van der Waals surface area contributed by atoms with Gasteiger partial charge < -0.3 is 10.1 Å². The second kappa shape index (κ2) is 7.07. The Morgan fingerprint density at radius 2 is 2.20 bits per heavy atom. The molecule has 3 rings (SSSR count). The maximum atomic E-state index is 6.20. The Morgan fingerprint density at radius 3 is 2.90 bits per heavy atom. The first-order valence-electron chi connectivity index (χ1n) is 5.96. The molecule has 0 radical (unpaired) electrons. The minimum Gasteiger partial charge on any atom is -0.378 e. The Bertz CT molecular complexity index is 585. The molecule has 2 heterocycles. The molecular formula is C13H13Cl3N2OS. The van der Waals surface area contributed by atoms with E-state index in [1.54, 1.807) is 17.4 Å². The lowest BCUT2D eigenvalue weighted by Crippen LogP contribution is -2.34. The average molecular weight is 352 g/mol. The van der Waals surface area contributed by atoms with Crippen molar-refractivity contribution in [2.45, 2.75) is 6.04 Å². The predicted octanol–water partition coefficient (Wildman–Crippen LogP) is 4.20. The molecule has 1 N–H and O–H groups in total. The number of aromatic nitrogens is 1. The third-order valence-electron chi connectivity index (χ3n) is 2.95. The lowest BCUT2D eigenvalue weighted by Gasteiger charge is -2.21. The van der Waals surface area contributed by atoms with Crippen LogP contribution in [0, 0.1) is 0 Å². The molecule has 0 saturated carbocycles. The summed E-state index contributed by atoms with van der Waals surface area (Å²) in [4.78, 5) is 4.64. The van der Waals surface area contributed by atoms with Crippen molar-refractivity contribution in [3.8, 4) is 11.3 Å². The predicted molar refractivity (Wildman–Crippen MR) is 86.4 cm³/mol. The smallest absolute Gasteiger partial charge is 0.113 e. The van der Waals surface area contributed by atoms with Crippen LogP contribution in [0.25, 0.3) is 11.3 Å². The van der Waals surface area contributed by atoms with Crippen LogP contribution in [-0.4, -0.2) is 24.7 Å². The Hall–Kier alpha value is -0.360. The molecule has 1 fully saturated rings. The van der Waals surface area contributed by atoms with Gasteiger partial charge >= 0.3 is 0 Å². The number of thiazole rings is 1. The first-order valence-corrected chi connectivity index (χ1v) is 7.59. The topological polar surface area (TPSA) is 34.1 Å². The highest BCUT2D eigenvalue weighted by molar-refractivity contribution is 7.10. The van der Waals surface area contributed by atoms with Gasteiger partial charge in [0.15, 0.2) is 0 Å². The SMILES string of the molecule is Cl.Clc1ccc(-c2csc(C3COCCN3)n2)c(Cl)c1. The summed E-state index contributed by atoms with van der Waals surface area (Å²) >= 11 is 13.7. The van der Waals surface area contributed by atoms with E-state index in [0.717, 1.165) is 29.4 Å². The fourth-order valence-electron chi connectivity index (χ4n) is 1.99. The summed E-state index contributed by atoms with van der Waals surface area (Å²) in [5.41, 5.74) is 1.79. The van der Waals surface area contributed by atoms with E-state index >= 15 is 0 Å². The standard InChI is InChI=1S/C13H12Cl2N2OS.ClH/c14-8-1-2-9(10(15)5-8)12-7-19-13(17-12)11-6-18-4-3-16-11;/h1-2,5,7,11,16H,3-4,6H2;1H. The minimum atomic E-state index is 0. The molecule has 1 aromatic heterocycles. The van der Waals surface area contributed by atoms with Gasteiger partial charge in [0.2, 0.25) is 0 Å². The van der Waals surface area contributed by atoms with Crippen molar-refractivity contribution in [3.63, 3.8) is 0 Å². The van der Waals surface area contributed by atoms with Crippen molar-refractivity contribution < 1.29 is 4.74 Å². The summed E-state index contributed by atoms with van der Waals surface area (Å²) in [6.07, 6.45) is 0. The van der Waals surface area contributed by atoms with Crippen LogP contribution in [0.2, 0.25) is 10.0 Å². The van der Waals surface area contributed by atoms with Gasteiger partial charge in [-0.1, -0.05) is 23.2 Å². The molecule has 1 aliphatic heterocycles. The van der Waals surface area contributed by atoms with Crippen LogP contribution in [0.4, 0.5) is 0 Å². The fourth-order valence-corrected chi connectivity index (χ4v) is 3.38. The van der Waals surface area contributed by atoms with E-state index < -0.39 is 0 Å². The van der Waals surface area contributed by atoms with E-state index in [9.17, 15) is 0 Å². The van der Waals surface area contributed by atoms with E-state index in [1.807, 2.05) is 17.5 Å². The van der Waals surface area contributed by atoms with Gasteiger partial charge in [-0.25, -0.2) is 4.98 Å². The molecule has 1 aromatic carbocycles. The van der Waals surface area contributed by atoms with Gasteiger partial charge in [-0.15, -0.1) is 23.7 Å². The number of rotatable bonds is 2. The number of morpholine rings is 1. The lowest BCUT2D eigenvalue weighted by atomic mass is 10.2. The Labute approximate surface area is 137 Å². The zero-order valence-corrected chi connectivity index (χ0v) is 13.6. The number of benzene rings is 1. The van der Waals surface area contributed by atoms with Crippen LogP contribution in [0.3, 0.4) is 0 Å². The minimum absolute atomic E-state index is 0. The van der Waals surface area contributed by atoms with Gasteiger partial charge in [0.05, 0.1) is 30.0 Å². The Balaban J connectivity index is 0.00000147. The second-order valence-electron chi connectivity index (χ2n) is 4.28. The van der Waals surface area contributed by atoms with Crippen LogP contribution >= 0.6 is 46.9 Å². The van der Waals surface area contributed by atoms with Gasteiger partial charge in [0.25, 0.3) is 0 Å². The molecule has 0 aliphatic carbocycles. The highest BCUT2D eigenvalue weighted by Crippen LogP contribution is 2.32. The Morgan fingerprint density at radius 1 is 1.35 bits per heavy atom. The van der Waals surface area contributed by atoms with Gasteiger partial charge in [-0.3, -0.25) is 0 Å². The molecule has 20 heavy (non-hydrogen) atoms. The van der Waals surface area contributed by atoms with Gasteiger partial charge in [-0.2, -0.15) is 0 Å². The lowest BCUT2D eigenvalue weighted by molar-refractivity contribution is 0.0768. The summed E-state index contributed by atoms with van der Waals surface area (Å²) in [6.45, 7) is 2.29. The van der Waals surface area contributed by atoms with Crippen LogP contribution in [0.1, 0.15) is 11.0 Å². The summed E-state index contributed by atoms with van der Waals surface area (Å²) in [5.74, 6) is 0. The van der Waals surface area contributed by atoms with Gasteiger partial charge in [0.1, 0.15) is 5.01 Å². The van der Waals surface area contributed by atoms with Crippen molar-refractivity contribution in [1.29, 1.82) is 0 Å². The molecule has 1 atom stereocenters. The number of nitrogens with one attached hydrogen (secondary N) is 1. The van der Waals surface area contributed by atoms with Crippen molar-refractivity contribution >= 4 is 46.9 Å². The van der Waals surface area contributed by atoms with Crippen molar-refractivity contribution in [3.05, 3.63) is 38.6 Å². The molecule has 0 bridgehead atoms. The fraction of sp³-hybridized carbons (Fsp3) is 0.308. The monoisotopic (exact) mass is 350 g/mol. The largest absolute Gasteiger partial charge is 0.378 e. The van der Waals surface area contributed by atoms with Crippen LogP contribution in [-0.2, 0) is 4.74 Å². The summed E-state index contributed by atoms with van der Waals surface area (Å²) in [5, 5.41) is 7.69. The Kier molecular flexibility index (Phi) is 5.66. The zero-order chi connectivity index (χ0) is 13.2. The summed E-state index contributed by atoms with van der Waals surface area (Å²) in [6, 6.07) is 5.64. The maximum Gasteiger partial charge on any atom is 0.113 e. The molecule has 108 valence electrons. The van der Waals surface area contributed by atoms with E-state index in [2.05, 4.69) is 10.3 Å². The van der Waals surface area contributed by atoms with E-state index in [0.29, 0.717) is 16.7 Å². The molecule has 1 unspecified atom stereocenters. The van der Waals surface area contributed by atoms with Crippen LogP contribution < -0.4 is 5.32 Å². The highest BCUT2D eigenvalue weighted by atomic mass is 35.5. The van der Waals surface area contributed by atoms with E-state index in [-0.39, 0.29) is 18.4 Å². The number of ether oxygens (including phenoxy) is 1. The number of hydrogen-bond donors (Lipinski definition) is 1. The highest BCUT2D eigenvalue weighted by Gasteiger charge is 2.19. The zero-order valence-electron chi connectivity index (χ0n) is 10.4. The maximum absolute atomic E-state index is 6.20. The average Bonchev–Trinajstić information content (AvgIpc) is 2.89. The molecule has 0 spiro atoms. The second-order valence-corrected chi connectivity index (χ2v) is 6.01. The molecule has 7 heteroatoms. The van der Waals surface area contributed by atoms with Crippen molar-refractivity contribution in [2.24, 2.45) is 0 Å². The van der Waals surface area contributed by atoms with Crippen molar-refractivity contribution in [1.82, 2.24) is 10.3 Å². The summed E-state index contributed by atoms with van der Waals surface area (Å²) in [7, 11) is 0. The first kappa shape index (κ1) is 16.0. The first-order chi connectivity index (χ1) is 9.24. The normalized spacial score (nSPS) is 18.6.